The number of ether oxygens (including phenoxy) is 2. The van der Waals surface area contributed by atoms with Gasteiger partial charge in [0.2, 0.25) is 18.6 Å². The van der Waals surface area contributed by atoms with Crippen LogP contribution in [0.4, 0.5) is 0 Å². The Labute approximate surface area is 179 Å². The zero-order chi connectivity index (χ0) is 21.4. The molecule has 8 nitrogen and oxygen atoms in total. The van der Waals surface area contributed by atoms with Crippen LogP contribution in [0.15, 0.2) is 42.5 Å². The lowest BCUT2D eigenvalue weighted by molar-refractivity contribution is -0.154. The van der Waals surface area contributed by atoms with Crippen molar-refractivity contribution in [2.24, 2.45) is 0 Å². The van der Waals surface area contributed by atoms with Gasteiger partial charge in [0.25, 0.3) is 5.91 Å². The molecule has 31 heavy (non-hydrogen) atoms. The molecule has 2 aromatic rings. The maximum absolute atomic E-state index is 12.7. The van der Waals surface area contributed by atoms with Crippen LogP contribution in [0.2, 0.25) is 0 Å². The predicted octanol–water partition coefficient (Wildman–Crippen LogP) is 1.68. The Hall–Kier alpha value is -3.55. The van der Waals surface area contributed by atoms with Gasteiger partial charge in [-0.05, 0) is 48.2 Å². The van der Waals surface area contributed by atoms with Gasteiger partial charge < -0.3 is 24.6 Å². The van der Waals surface area contributed by atoms with E-state index < -0.39 is 0 Å². The third kappa shape index (κ3) is 3.81. The Bertz CT molecular complexity index is 1040. The van der Waals surface area contributed by atoms with Gasteiger partial charge in [0.15, 0.2) is 11.5 Å². The first-order valence-electron chi connectivity index (χ1n) is 10.4. The first kappa shape index (κ1) is 19.4. The van der Waals surface area contributed by atoms with Crippen LogP contribution in [0, 0.1) is 0 Å². The Balaban J connectivity index is 1.18. The molecular formula is C23H23N3O5. The van der Waals surface area contributed by atoms with E-state index in [0.29, 0.717) is 36.7 Å². The second kappa shape index (κ2) is 7.94. The molecule has 0 bridgehead atoms. The first-order valence-corrected chi connectivity index (χ1v) is 10.4. The molecule has 3 aliphatic heterocycles. The first-order chi connectivity index (χ1) is 15.1. The van der Waals surface area contributed by atoms with Crippen molar-refractivity contribution in [2.75, 3.05) is 19.9 Å². The fraction of sp³-hybridized carbons (Fsp3) is 0.348. The van der Waals surface area contributed by atoms with E-state index >= 15 is 0 Å². The predicted molar refractivity (Wildman–Crippen MR) is 110 cm³/mol. The fourth-order valence-electron chi connectivity index (χ4n) is 4.32. The Morgan fingerprint density at radius 2 is 1.81 bits per heavy atom. The largest absolute Gasteiger partial charge is 0.454 e. The van der Waals surface area contributed by atoms with Crippen LogP contribution in [0.5, 0.6) is 11.5 Å². The molecule has 5 rings (SSSR count). The zero-order valence-electron chi connectivity index (χ0n) is 17.0. The summed E-state index contributed by atoms with van der Waals surface area (Å²) in [6, 6.07) is 12.4. The Morgan fingerprint density at radius 3 is 2.65 bits per heavy atom. The van der Waals surface area contributed by atoms with Crippen LogP contribution in [0.1, 0.15) is 34.3 Å². The summed E-state index contributed by atoms with van der Waals surface area (Å²) in [5.41, 5.74) is 2.34. The lowest BCUT2D eigenvalue weighted by Crippen LogP contribution is -2.56. The van der Waals surface area contributed by atoms with Crippen LogP contribution < -0.4 is 14.8 Å². The molecule has 0 unspecified atom stereocenters. The summed E-state index contributed by atoms with van der Waals surface area (Å²) in [6.07, 6.45) is 1.62. The normalized spacial score (nSPS) is 19.5. The quantitative estimate of drug-likeness (QED) is 0.794. The molecule has 2 aromatic carbocycles. The third-order valence-electron chi connectivity index (χ3n) is 5.98. The molecule has 0 spiro atoms. The average molecular weight is 421 g/mol. The van der Waals surface area contributed by atoms with Gasteiger partial charge in [0, 0.05) is 25.2 Å². The van der Waals surface area contributed by atoms with Gasteiger partial charge in [-0.1, -0.05) is 18.2 Å². The van der Waals surface area contributed by atoms with Crippen LogP contribution >= 0.6 is 0 Å². The van der Waals surface area contributed by atoms with Crippen molar-refractivity contribution in [1.82, 2.24) is 15.1 Å². The van der Waals surface area contributed by atoms with Crippen molar-refractivity contribution >= 4 is 17.7 Å². The van der Waals surface area contributed by atoms with Crippen LogP contribution in [-0.2, 0) is 22.7 Å². The molecule has 3 heterocycles. The molecule has 0 aliphatic carbocycles. The molecule has 0 radical (unpaired) electrons. The van der Waals surface area contributed by atoms with E-state index in [9.17, 15) is 14.4 Å². The lowest BCUT2D eigenvalue weighted by Gasteiger charge is -2.36. The topological polar surface area (TPSA) is 88.2 Å². The monoisotopic (exact) mass is 421 g/mol. The van der Waals surface area contributed by atoms with E-state index in [0.717, 1.165) is 24.0 Å². The van der Waals surface area contributed by atoms with E-state index in [1.165, 1.54) is 0 Å². The van der Waals surface area contributed by atoms with Gasteiger partial charge in [0.1, 0.15) is 12.6 Å². The second-order valence-electron chi connectivity index (χ2n) is 8.01. The van der Waals surface area contributed by atoms with Gasteiger partial charge in [-0.2, -0.15) is 0 Å². The van der Waals surface area contributed by atoms with Crippen molar-refractivity contribution in [2.45, 2.75) is 32.0 Å². The molecule has 1 atom stereocenters. The van der Waals surface area contributed by atoms with E-state index in [1.54, 1.807) is 21.9 Å². The molecule has 0 aromatic heterocycles. The Kier molecular flexibility index (Phi) is 4.97. The van der Waals surface area contributed by atoms with E-state index in [2.05, 4.69) is 5.32 Å². The van der Waals surface area contributed by atoms with Gasteiger partial charge in [0.05, 0.1) is 0 Å². The van der Waals surface area contributed by atoms with Crippen LogP contribution in [0.3, 0.4) is 0 Å². The minimum atomic E-state index is -0.303. The van der Waals surface area contributed by atoms with Crippen molar-refractivity contribution in [1.29, 1.82) is 0 Å². The highest BCUT2D eigenvalue weighted by atomic mass is 16.7. The number of hydrogen-bond donors (Lipinski definition) is 1. The van der Waals surface area contributed by atoms with Gasteiger partial charge in [-0.15, -0.1) is 0 Å². The molecular weight excluding hydrogens is 398 g/mol. The third-order valence-corrected chi connectivity index (χ3v) is 5.98. The highest BCUT2D eigenvalue weighted by Gasteiger charge is 2.41. The summed E-state index contributed by atoms with van der Waals surface area (Å²) in [5.74, 6) is 1.24. The number of carbonyl (C=O) groups excluding carboxylic acids is 3. The van der Waals surface area contributed by atoms with E-state index in [4.69, 9.17) is 9.47 Å². The summed E-state index contributed by atoms with van der Waals surface area (Å²) in [5, 5.41) is 2.90. The Morgan fingerprint density at radius 1 is 1.03 bits per heavy atom. The maximum Gasteiger partial charge on any atom is 0.251 e. The lowest BCUT2D eigenvalue weighted by atomic mass is 10.1. The average Bonchev–Trinajstić information content (AvgIpc) is 3.46. The molecule has 1 N–H and O–H groups in total. The summed E-state index contributed by atoms with van der Waals surface area (Å²) in [4.78, 5) is 40.8. The summed E-state index contributed by atoms with van der Waals surface area (Å²) < 4.78 is 10.6. The molecule has 160 valence electrons. The number of piperazine rings is 1. The minimum Gasteiger partial charge on any atom is -0.454 e. The number of carbonyl (C=O) groups is 3. The molecule has 3 amide bonds. The van der Waals surface area contributed by atoms with Crippen molar-refractivity contribution in [3.63, 3.8) is 0 Å². The summed E-state index contributed by atoms with van der Waals surface area (Å²) in [7, 11) is 0. The number of nitrogens with zero attached hydrogens (tertiary/aromatic N) is 2. The summed E-state index contributed by atoms with van der Waals surface area (Å²) >= 11 is 0. The SMILES string of the molecule is O=C(NCc1ccc2c(c1)OCO2)c1ccc(CN2CC(=O)N3CCC[C@H]3C2=O)cc1. The number of hydrogen-bond acceptors (Lipinski definition) is 5. The molecule has 0 saturated carbocycles. The summed E-state index contributed by atoms with van der Waals surface area (Å²) in [6.45, 7) is 1.76. The minimum absolute atomic E-state index is 0.0154. The molecule has 3 aliphatic rings. The zero-order valence-corrected chi connectivity index (χ0v) is 17.0. The number of fused-ring (bicyclic) bond motifs is 2. The molecule has 2 saturated heterocycles. The standard InChI is InChI=1S/C23H23N3O5/c27-21-13-25(23(29)18-2-1-9-26(18)21)12-15-3-6-17(7-4-15)22(28)24-11-16-5-8-19-20(10-16)31-14-30-19/h3-8,10,18H,1-2,9,11-14H2,(H,24,28)/t18-/m0/s1. The van der Waals surface area contributed by atoms with Gasteiger partial charge in [-0.25, -0.2) is 0 Å². The number of nitrogens with one attached hydrogen (secondary N) is 1. The number of amides is 3. The number of benzene rings is 2. The molecule has 8 heteroatoms. The van der Waals surface area contributed by atoms with Crippen molar-refractivity contribution in [3.05, 3.63) is 59.2 Å². The maximum atomic E-state index is 12.7. The fourth-order valence-corrected chi connectivity index (χ4v) is 4.32. The van der Waals surface area contributed by atoms with Gasteiger partial charge >= 0.3 is 0 Å². The smallest absolute Gasteiger partial charge is 0.251 e. The van der Waals surface area contributed by atoms with Crippen molar-refractivity contribution < 1.29 is 23.9 Å². The highest BCUT2D eigenvalue weighted by Crippen LogP contribution is 2.32. The number of rotatable bonds is 5. The van der Waals surface area contributed by atoms with E-state index in [1.807, 2.05) is 30.3 Å². The highest BCUT2D eigenvalue weighted by molar-refractivity contribution is 5.95. The second-order valence-corrected chi connectivity index (χ2v) is 8.01. The van der Waals surface area contributed by atoms with Gasteiger partial charge in [-0.3, -0.25) is 14.4 Å². The van der Waals surface area contributed by atoms with E-state index in [-0.39, 0.29) is 37.1 Å². The van der Waals surface area contributed by atoms with Crippen LogP contribution in [-0.4, -0.2) is 53.4 Å². The molecule has 2 fully saturated rings. The van der Waals surface area contributed by atoms with Crippen molar-refractivity contribution in [3.8, 4) is 11.5 Å². The van der Waals surface area contributed by atoms with Crippen LogP contribution in [0.25, 0.3) is 0 Å².